The maximum Gasteiger partial charge on any atom is -0.147 e. The Labute approximate surface area is 231 Å². The number of aryl methyl sites for hydroxylation is 2. The van der Waals surface area contributed by atoms with Crippen LogP contribution in [0.25, 0.3) is 32.7 Å². The molecule has 0 amide bonds. The molecular formula is C32H28Cl2Zr. The molecule has 0 aliphatic heterocycles. The van der Waals surface area contributed by atoms with Gasteiger partial charge in [0.05, 0.1) is 0 Å². The molecular weight excluding hydrogens is 546 g/mol. The fourth-order valence-corrected chi connectivity index (χ4v) is 9.01. The van der Waals surface area contributed by atoms with E-state index in [-0.39, 0.29) is 24.8 Å². The predicted molar refractivity (Wildman–Crippen MR) is 153 cm³/mol. The molecule has 3 heteroatoms. The Bertz CT molecular complexity index is 1440. The van der Waals surface area contributed by atoms with Gasteiger partial charge >= 0.3 is 209 Å². The van der Waals surface area contributed by atoms with Crippen LogP contribution in [0.4, 0.5) is 0 Å². The molecule has 0 saturated heterocycles. The Kier molecular flexibility index (Phi) is 8.02. The summed E-state index contributed by atoms with van der Waals surface area (Å²) in [5.41, 5.74) is 8.52. The van der Waals surface area contributed by atoms with Gasteiger partial charge in [-0.25, -0.2) is 0 Å². The predicted octanol–water partition coefficient (Wildman–Crippen LogP) is 9.58. The van der Waals surface area contributed by atoms with Crippen molar-refractivity contribution < 1.29 is 23.2 Å². The maximum atomic E-state index is 2.39. The standard InChI is InChI=1S/2C16H13.2ClH.Zr/c2*1-12-10-14-8-4-5-9-15(14)16(11-12)13-6-2-3-7-13;;;/h2*2,4-6,8-11H,3H2,1H3;2*1H;. The first-order chi connectivity index (χ1) is 16.2. The molecule has 0 unspecified atom stereocenters. The van der Waals surface area contributed by atoms with Crippen LogP contribution in [0.3, 0.4) is 0 Å². The molecule has 4 aromatic carbocycles. The van der Waals surface area contributed by atoms with Crippen molar-refractivity contribution in [3.8, 4) is 0 Å². The molecule has 2 aliphatic carbocycles. The third-order valence-electron chi connectivity index (χ3n) is 6.76. The number of allylic oxidation sites excluding steroid dienone is 8. The third-order valence-corrected chi connectivity index (χ3v) is 10.6. The van der Waals surface area contributed by atoms with E-state index in [4.69, 9.17) is 0 Å². The molecule has 0 N–H and O–H groups in total. The smallest absolute Gasteiger partial charge is 0.147 e. The summed E-state index contributed by atoms with van der Waals surface area (Å²) in [6.07, 6.45) is 11.8. The molecule has 0 saturated carbocycles. The van der Waals surface area contributed by atoms with Crippen LogP contribution in [0.1, 0.15) is 35.1 Å². The van der Waals surface area contributed by atoms with E-state index in [2.05, 4.69) is 111 Å². The van der Waals surface area contributed by atoms with E-state index in [0.29, 0.717) is 0 Å². The quantitative estimate of drug-likeness (QED) is 0.228. The average molecular weight is 575 g/mol. The van der Waals surface area contributed by atoms with Crippen molar-refractivity contribution in [2.75, 3.05) is 0 Å². The van der Waals surface area contributed by atoms with Gasteiger partial charge in [0, 0.05) is 0 Å². The summed E-state index contributed by atoms with van der Waals surface area (Å²) in [6.45, 7) is 4.44. The van der Waals surface area contributed by atoms with Crippen molar-refractivity contribution in [3.05, 3.63) is 126 Å². The zero-order valence-electron chi connectivity index (χ0n) is 20.0. The Hall–Kier alpha value is -2.18. The van der Waals surface area contributed by atoms with Gasteiger partial charge in [-0.2, -0.15) is 0 Å². The van der Waals surface area contributed by atoms with Crippen LogP contribution in [-0.4, -0.2) is 0 Å². The molecule has 4 aromatic rings. The fraction of sp³-hybridized carbons (Fsp3) is 0.125. The molecule has 0 aromatic heterocycles. The van der Waals surface area contributed by atoms with Crippen molar-refractivity contribution in [2.24, 2.45) is 0 Å². The van der Waals surface area contributed by atoms with E-state index < -0.39 is 23.2 Å². The second-order valence-electron chi connectivity index (χ2n) is 9.19. The number of fused-ring (bicyclic) bond motifs is 2. The molecule has 0 radical (unpaired) electrons. The normalized spacial score (nSPS) is 14.6. The summed E-state index contributed by atoms with van der Waals surface area (Å²) in [6, 6.07) is 27.1. The zero-order chi connectivity index (χ0) is 22.4. The van der Waals surface area contributed by atoms with Gasteiger partial charge in [-0.3, -0.25) is 0 Å². The number of rotatable bonds is 4. The van der Waals surface area contributed by atoms with Gasteiger partial charge < -0.3 is 0 Å². The summed E-state index contributed by atoms with van der Waals surface area (Å²) in [7, 11) is 0. The van der Waals surface area contributed by atoms with Gasteiger partial charge in [-0.05, 0) is 0 Å². The van der Waals surface area contributed by atoms with Crippen molar-refractivity contribution in [2.45, 2.75) is 26.7 Å². The summed E-state index contributed by atoms with van der Waals surface area (Å²) < 4.78 is 3.42. The van der Waals surface area contributed by atoms with Crippen LogP contribution in [0, 0.1) is 13.8 Å². The molecule has 0 fully saturated rings. The van der Waals surface area contributed by atoms with Crippen molar-refractivity contribution >= 4 is 57.5 Å². The van der Waals surface area contributed by atoms with Crippen LogP contribution >= 0.6 is 24.8 Å². The summed E-state index contributed by atoms with van der Waals surface area (Å²) >= 11 is -0.895. The van der Waals surface area contributed by atoms with E-state index in [9.17, 15) is 0 Å². The Balaban J connectivity index is 0.00000144. The molecule has 0 nitrogen and oxygen atoms in total. The summed E-state index contributed by atoms with van der Waals surface area (Å²) in [5.74, 6) is 0. The Morgan fingerprint density at radius 2 is 1.00 bits per heavy atom. The monoisotopic (exact) mass is 572 g/mol. The molecule has 2 aliphatic rings. The van der Waals surface area contributed by atoms with Crippen molar-refractivity contribution in [1.29, 1.82) is 0 Å². The SMILES string of the molecule is Cc1cc(C2=[C]([Zr][C]3=C(c4cc(C)cc5ccccc45)C=CC3)CC=C2)c2ccccc2c1.Cl.Cl. The number of benzene rings is 4. The maximum absolute atomic E-state index is 2.39. The Morgan fingerprint density at radius 1 is 0.571 bits per heavy atom. The van der Waals surface area contributed by atoms with Crippen LogP contribution in [0.2, 0.25) is 0 Å². The number of hydrogen-bond acceptors (Lipinski definition) is 0. The summed E-state index contributed by atoms with van der Waals surface area (Å²) in [4.78, 5) is 0. The molecule has 0 heterocycles. The first-order valence-corrected chi connectivity index (χ1v) is 14.2. The molecule has 0 spiro atoms. The van der Waals surface area contributed by atoms with Crippen LogP contribution in [0.5, 0.6) is 0 Å². The number of halogens is 2. The molecule has 174 valence electrons. The third kappa shape index (κ3) is 4.92. The first kappa shape index (κ1) is 25.9. The van der Waals surface area contributed by atoms with Gasteiger partial charge in [-0.1, -0.05) is 0 Å². The second kappa shape index (κ2) is 10.8. The summed E-state index contributed by atoms with van der Waals surface area (Å²) in [5, 5.41) is 5.45. The van der Waals surface area contributed by atoms with E-state index in [1.165, 1.54) is 54.9 Å². The van der Waals surface area contributed by atoms with Crippen molar-refractivity contribution in [1.82, 2.24) is 0 Å². The van der Waals surface area contributed by atoms with E-state index in [1.54, 1.807) is 6.56 Å². The minimum absolute atomic E-state index is 0. The molecule has 0 bridgehead atoms. The Morgan fingerprint density at radius 3 is 1.46 bits per heavy atom. The number of hydrogen-bond donors (Lipinski definition) is 0. The van der Waals surface area contributed by atoms with E-state index in [0.717, 1.165) is 12.8 Å². The van der Waals surface area contributed by atoms with Gasteiger partial charge in [0.25, 0.3) is 0 Å². The molecule has 0 atom stereocenters. The fourth-order valence-electron chi connectivity index (χ4n) is 5.30. The second-order valence-corrected chi connectivity index (χ2v) is 12.8. The van der Waals surface area contributed by atoms with Crippen LogP contribution in [-0.2, 0) is 23.2 Å². The molecule has 6 rings (SSSR count). The van der Waals surface area contributed by atoms with E-state index in [1.807, 2.05) is 0 Å². The first-order valence-electron chi connectivity index (χ1n) is 11.7. The van der Waals surface area contributed by atoms with Gasteiger partial charge in [-0.15, -0.1) is 24.8 Å². The molecule has 35 heavy (non-hydrogen) atoms. The minimum Gasteiger partial charge on any atom is -0.147 e. The minimum atomic E-state index is -0.895. The van der Waals surface area contributed by atoms with Gasteiger partial charge in [0.15, 0.2) is 0 Å². The van der Waals surface area contributed by atoms with Crippen molar-refractivity contribution in [3.63, 3.8) is 0 Å². The van der Waals surface area contributed by atoms with Crippen LogP contribution < -0.4 is 0 Å². The van der Waals surface area contributed by atoms with Crippen LogP contribution in [0.15, 0.2) is 104 Å². The van der Waals surface area contributed by atoms with E-state index >= 15 is 0 Å². The van der Waals surface area contributed by atoms with Gasteiger partial charge in [0.2, 0.25) is 0 Å². The largest absolute Gasteiger partial charge is 0.147 e. The average Bonchev–Trinajstić information content (AvgIpc) is 3.48. The zero-order valence-corrected chi connectivity index (χ0v) is 24.1. The topological polar surface area (TPSA) is 0 Å². The van der Waals surface area contributed by atoms with Gasteiger partial charge in [0.1, 0.15) is 0 Å².